The number of rotatable bonds is 2. The Kier molecular flexibility index (Phi) is 2.99. The number of nitrogens with zero attached hydrogens (tertiary/aromatic N) is 1. The maximum absolute atomic E-state index is 10.8. The smallest absolute Gasteiger partial charge is 0.248 e. The molecule has 0 saturated carbocycles. The summed E-state index contributed by atoms with van der Waals surface area (Å²) in [6, 6.07) is 3.49. The molecule has 0 aliphatic rings. The average Bonchev–Trinajstić information content (AvgIpc) is 2.04. The minimum Gasteiger partial charge on any atom is -0.307 e. The lowest BCUT2D eigenvalue weighted by Crippen LogP contribution is -2.08. The van der Waals surface area contributed by atoms with Crippen molar-refractivity contribution < 1.29 is 4.79 Å². The predicted octanol–water partition coefficient (Wildman–Crippen LogP) is 1.97. The third-order valence-corrected chi connectivity index (χ3v) is 1.65. The minimum atomic E-state index is -0.263. The average molecular weight is 227 g/mol. The van der Waals surface area contributed by atoms with Gasteiger partial charge in [0.1, 0.15) is 5.82 Å². The van der Waals surface area contributed by atoms with E-state index in [0.29, 0.717) is 5.82 Å². The summed E-state index contributed by atoms with van der Waals surface area (Å²) in [5.41, 5.74) is 0. The van der Waals surface area contributed by atoms with E-state index in [4.69, 9.17) is 0 Å². The third kappa shape index (κ3) is 2.47. The van der Waals surface area contributed by atoms with E-state index in [1.165, 1.54) is 6.08 Å². The van der Waals surface area contributed by atoms with E-state index in [0.717, 1.165) is 4.47 Å². The van der Waals surface area contributed by atoms with Crippen LogP contribution >= 0.6 is 15.9 Å². The number of amides is 1. The summed E-state index contributed by atoms with van der Waals surface area (Å²) in [4.78, 5) is 14.7. The van der Waals surface area contributed by atoms with Gasteiger partial charge in [-0.15, -0.1) is 0 Å². The molecule has 62 valence electrons. The molecule has 0 radical (unpaired) electrons. The van der Waals surface area contributed by atoms with Crippen LogP contribution in [0.4, 0.5) is 5.82 Å². The number of carbonyl (C=O) groups is 1. The second kappa shape index (κ2) is 4.01. The zero-order chi connectivity index (χ0) is 8.97. The van der Waals surface area contributed by atoms with Crippen molar-refractivity contribution >= 4 is 27.7 Å². The van der Waals surface area contributed by atoms with E-state index < -0.39 is 0 Å². The van der Waals surface area contributed by atoms with Gasteiger partial charge in [0.15, 0.2) is 0 Å². The quantitative estimate of drug-likeness (QED) is 0.784. The van der Waals surface area contributed by atoms with Gasteiger partial charge in [0.2, 0.25) is 5.91 Å². The topological polar surface area (TPSA) is 42.0 Å². The number of aromatic nitrogens is 1. The van der Waals surface area contributed by atoms with Crippen LogP contribution in [-0.4, -0.2) is 10.9 Å². The first-order chi connectivity index (χ1) is 5.72. The maximum atomic E-state index is 10.8. The van der Waals surface area contributed by atoms with Gasteiger partial charge in [0.05, 0.1) is 0 Å². The molecule has 0 aromatic carbocycles. The summed E-state index contributed by atoms with van der Waals surface area (Å²) in [6.45, 7) is 3.33. The lowest BCUT2D eigenvalue weighted by Gasteiger charge is -1.99. The highest BCUT2D eigenvalue weighted by atomic mass is 79.9. The summed E-state index contributed by atoms with van der Waals surface area (Å²) in [6.07, 6.45) is 2.80. The highest BCUT2D eigenvalue weighted by Gasteiger charge is 1.97. The first-order valence-corrected chi connectivity index (χ1v) is 4.06. The van der Waals surface area contributed by atoms with Crippen molar-refractivity contribution in [3.63, 3.8) is 0 Å². The highest BCUT2D eigenvalue weighted by molar-refractivity contribution is 9.10. The molecular formula is C8H7BrN2O. The monoisotopic (exact) mass is 226 g/mol. The molecule has 0 unspecified atom stereocenters. The van der Waals surface area contributed by atoms with Gasteiger partial charge in [-0.3, -0.25) is 4.79 Å². The van der Waals surface area contributed by atoms with Crippen molar-refractivity contribution in [1.29, 1.82) is 0 Å². The zero-order valence-electron chi connectivity index (χ0n) is 6.25. The van der Waals surface area contributed by atoms with Gasteiger partial charge in [0, 0.05) is 10.7 Å². The van der Waals surface area contributed by atoms with Crippen LogP contribution in [0.2, 0.25) is 0 Å². The van der Waals surface area contributed by atoms with E-state index in [2.05, 4.69) is 32.8 Å². The maximum Gasteiger partial charge on any atom is 0.248 e. The molecule has 3 nitrogen and oxygen atoms in total. The largest absolute Gasteiger partial charge is 0.307 e. The number of carbonyl (C=O) groups excluding carboxylic acids is 1. The van der Waals surface area contributed by atoms with Gasteiger partial charge < -0.3 is 5.32 Å². The van der Waals surface area contributed by atoms with Gasteiger partial charge >= 0.3 is 0 Å². The number of halogens is 1. The summed E-state index contributed by atoms with van der Waals surface area (Å²) in [5, 5.41) is 2.53. The van der Waals surface area contributed by atoms with Crippen molar-refractivity contribution in [2.45, 2.75) is 0 Å². The van der Waals surface area contributed by atoms with Crippen LogP contribution in [0.3, 0.4) is 0 Å². The summed E-state index contributed by atoms with van der Waals surface area (Å²) >= 11 is 3.26. The van der Waals surface area contributed by atoms with Crippen LogP contribution in [0.25, 0.3) is 0 Å². The summed E-state index contributed by atoms with van der Waals surface area (Å²) in [5.74, 6) is 0.245. The van der Waals surface area contributed by atoms with Gasteiger partial charge in [-0.05, 0) is 18.2 Å². The van der Waals surface area contributed by atoms with Crippen LogP contribution in [-0.2, 0) is 4.79 Å². The Labute approximate surface area is 78.6 Å². The molecule has 12 heavy (non-hydrogen) atoms. The molecule has 4 heteroatoms. The van der Waals surface area contributed by atoms with Gasteiger partial charge in [0.25, 0.3) is 0 Å². The van der Waals surface area contributed by atoms with Crippen molar-refractivity contribution in [3.05, 3.63) is 35.5 Å². The van der Waals surface area contributed by atoms with Crippen LogP contribution in [0, 0.1) is 0 Å². The molecule has 0 aliphatic carbocycles. The van der Waals surface area contributed by atoms with Crippen LogP contribution in [0.1, 0.15) is 0 Å². The highest BCUT2D eigenvalue weighted by Crippen LogP contribution is 2.12. The Hall–Kier alpha value is -1.16. The Balaban J connectivity index is 2.76. The molecule has 0 saturated heterocycles. The van der Waals surface area contributed by atoms with Gasteiger partial charge in [-0.1, -0.05) is 22.5 Å². The van der Waals surface area contributed by atoms with Crippen molar-refractivity contribution in [2.24, 2.45) is 0 Å². The fourth-order valence-electron chi connectivity index (χ4n) is 0.650. The molecule has 0 atom stereocenters. The van der Waals surface area contributed by atoms with Gasteiger partial charge in [-0.2, -0.15) is 0 Å². The lowest BCUT2D eigenvalue weighted by atomic mass is 10.4. The molecule has 1 N–H and O–H groups in total. The standard InChI is InChI=1S/C8H7BrN2O/c1-2-8(12)11-7-5-6(9)3-4-10-7/h2-5H,1H2,(H,10,11,12). The van der Waals surface area contributed by atoms with Crippen LogP contribution in [0.5, 0.6) is 0 Å². The van der Waals surface area contributed by atoms with E-state index in [-0.39, 0.29) is 5.91 Å². The summed E-state index contributed by atoms with van der Waals surface area (Å²) in [7, 11) is 0. The second-order valence-corrected chi connectivity index (χ2v) is 2.97. The Morgan fingerprint density at radius 3 is 3.08 bits per heavy atom. The molecule has 1 rings (SSSR count). The molecule has 0 bridgehead atoms. The van der Waals surface area contributed by atoms with Gasteiger partial charge in [-0.25, -0.2) is 4.98 Å². The fourth-order valence-corrected chi connectivity index (χ4v) is 0.985. The van der Waals surface area contributed by atoms with Crippen molar-refractivity contribution in [2.75, 3.05) is 5.32 Å². The molecule has 1 aromatic heterocycles. The first kappa shape index (κ1) is 8.93. The molecular weight excluding hydrogens is 220 g/mol. The summed E-state index contributed by atoms with van der Waals surface area (Å²) < 4.78 is 0.872. The zero-order valence-corrected chi connectivity index (χ0v) is 7.84. The number of hydrogen-bond acceptors (Lipinski definition) is 2. The fraction of sp³-hybridized carbons (Fsp3) is 0. The molecule has 1 aromatic rings. The number of hydrogen-bond donors (Lipinski definition) is 1. The molecule has 0 fully saturated rings. The van der Waals surface area contributed by atoms with E-state index in [9.17, 15) is 4.79 Å². The molecule has 1 heterocycles. The van der Waals surface area contributed by atoms with Crippen LogP contribution in [0.15, 0.2) is 35.5 Å². The number of nitrogens with one attached hydrogen (secondary N) is 1. The Morgan fingerprint density at radius 2 is 2.50 bits per heavy atom. The number of anilines is 1. The first-order valence-electron chi connectivity index (χ1n) is 3.27. The second-order valence-electron chi connectivity index (χ2n) is 2.05. The van der Waals surface area contributed by atoms with Crippen molar-refractivity contribution in [1.82, 2.24) is 4.98 Å². The third-order valence-electron chi connectivity index (χ3n) is 1.16. The Bertz CT molecular complexity index is 312. The molecule has 1 amide bonds. The Morgan fingerprint density at radius 1 is 1.75 bits per heavy atom. The lowest BCUT2D eigenvalue weighted by molar-refractivity contribution is -0.111. The number of pyridine rings is 1. The van der Waals surface area contributed by atoms with Crippen LogP contribution < -0.4 is 5.32 Å². The van der Waals surface area contributed by atoms with Crippen molar-refractivity contribution in [3.8, 4) is 0 Å². The SMILES string of the molecule is C=CC(=O)Nc1cc(Br)ccn1. The van der Waals surface area contributed by atoms with E-state index in [1.807, 2.05) is 0 Å². The minimum absolute atomic E-state index is 0.263. The molecule has 0 spiro atoms. The molecule has 0 aliphatic heterocycles. The predicted molar refractivity (Wildman–Crippen MR) is 50.8 cm³/mol. The normalized spacial score (nSPS) is 9.08. The van der Waals surface area contributed by atoms with E-state index in [1.54, 1.807) is 18.3 Å². The van der Waals surface area contributed by atoms with E-state index >= 15 is 0 Å².